The smallest absolute Gasteiger partial charge is 0.269 e. The Hall–Kier alpha value is -2.32. The van der Waals surface area contributed by atoms with Gasteiger partial charge in [-0.15, -0.1) is 0 Å². The van der Waals surface area contributed by atoms with Crippen LogP contribution in [0.2, 0.25) is 0 Å². The molecule has 1 aromatic carbocycles. The van der Waals surface area contributed by atoms with E-state index >= 15 is 0 Å². The molecule has 3 rings (SSSR count). The summed E-state index contributed by atoms with van der Waals surface area (Å²) < 4.78 is 5.30. The van der Waals surface area contributed by atoms with Gasteiger partial charge in [0, 0.05) is 36.3 Å². The minimum atomic E-state index is -0.444. The summed E-state index contributed by atoms with van der Waals surface area (Å²) in [6, 6.07) is 6.05. The number of nitro groups is 1. The van der Waals surface area contributed by atoms with Crippen LogP contribution in [-0.2, 0) is 6.54 Å². The molecule has 1 aliphatic heterocycles. The molecule has 0 saturated carbocycles. The number of hydrogen-bond acceptors (Lipinski definition) is 7. The molecule has 8 heteroatoms. The number of piperidine rings is 1. The van der Waals surface area contributed by atoms with Gasteiger partial charge in [0.25, 0.3) is 5.69 Å². The van der Waals surface area contributed by atoms with Crippen LogP contribution in [0.1, 0.15) is 25.7 Å². The molecule has 128 valence electrons. The Morgan fingerprint density at radius 2 is 2.17 bits per heavy atom. The summed E-state index contributed by atoms with van der Waals surface area (Å²) in [4.78, 5) is 16.8. The number of non-ortho nitro benzene ring substituents is 1. The number of hydrogen-bond donors (Lipinski definition) is 1. The van der Waals surface area contributed by atoms with Gasteiger partial charge >= 0.3 is 0 Å². The van der Waals surface area contributed by atoms with Crippen LogP contribution in [-0.4, -0.2) is 44.8 Å². The number of benzene rings is 1. The van der Waals surface area contributed by atoms with Gasteiger partial charge in [-0.1, -0.05) is 12.1 Å². The van der Waals surface area contributed by atoms with Crippen LogP contribution >= 0.6 is 0 Å². The van der Waals surface area contributed by atoms with E-state index in [9.17, 15) is 15.2 Å². The number of nitro benzene ring substituents is 1. The largest absolute Gasteiger partial charge is 0.396 e. The van der Waals surface area contributed by atoms with Crippen LogP contribution in [0.5, 0.6) is 0 Å². The fraction of sp³-hybridized carbons (Fsp3) is 0.500. The van der Waals surface area contributed by atoms with Gasteiger partial charge in [0.2, 0.25) is 11.7 Å². The third-order valence-corrected chi connectivity index (χ3v) is 4.40. The zero-order chi connectivity index (χ0) is 17.2. The highest BCUT2D eigenvalue weighted by molar-refractivity contribution is 5.56. The second-order valence-corrected chi connectivity index (χ2v) is 6.60. The summed E-state index contributed by atoms with van der Waals surface area (Å²) in [5.74, 6) is 0.923. The molecule has 1 aromatic heterocycles. The maximum atomic E-state index is 10.7. The average molecular weight is 332 g/mol. The third-order valence-electron chi connectivity index (χ3n) is 4.40. The van der Waals surface area contributed by atoms with E-state index < -0.39 is 4.92 Å². The summed E-state index contributed by atoms with van der Waals surface area (Å²) in [6.07, 6.45) is 2.04. The summed E-state index contributed by atoms with van der Waals surface area (Å²) in [5, 5.41) is 24.2. The monoisotopic (exact) mass is 332 g/mol. The number of aromatic nitrogens is 2. The van der Waals surface area contributed by atoms with E-state index in [-0.39, 0.29) is 17.7 Å². The highest BCUT2D eigenvalue weighted by atomic mass is 16.6. The van der Waals surface area contributed by atoms with Gasteiger partial charge in [-0.2, -0.15) is 4.98 Å². The van der Waals surface area contributed by atoms with Crippen molar-refractivity contribution in [1.82, 2.24) is 15.0 Å². The van der Waals surface area contributed by atoms with E-state index in [1.54, 1.807) is 12.1 Å². The molecule has 8 nitrogen and oxygen atoms in total. The highest BCUT2D eigenvalue weighted by Gasteiger charge is 2.31. The molecule has 0 spiro atoms. The van der Waals surface area contributed by atoms with Crippen molar-refractivity contribution in [2.75, 3.05) is 19.7 Å². The zero-order valence-corrected chi connectivity index (χ0v) is 13.5. The maximum Gasteiger partial charge on any atom is 0.269 e. The normalized spacial score (nSPS) is 21.8. The maximum absolute atomic E-state index is 10.7. The number of likely N-dealkylation sites (tertiary alicyclic amines) is 1. The van der Waals surface area contributed by atoms with Crippen molar-refractivity contribution in [3.63, 3.8) is 0 Å². The number of aliphatic hydroxyl groups excluding tert-OH is 1. The molecule has 0 aliphatic carbocycles. The van der Waals surface area contributed by atoms with Crippen molar-refractivity contribution in [2.45, 2.75) is 26.3 Å². The Labute approximate surface area is 139 Å². The van der Waals surface area contributed by atoms with Gasteiger partial charge < -0.3 is 9.63 Å². The van der Waals surface area contributed by atoms with Crippen LogP contribution in [0.3, 0.4) is 0 Å². The predicted molar refractivity (Wildman–Crippen MR) is 86.1 cm³/mol. The molecule has 24 heavy (non-hydrogen) atoms. The van der Waals surface area contributed by atoms with Gasteiger partial charge in [0.05, 0.1) is 11.5 Å². The minimum Gasteiger partial charge on any atom is -0.396 e. The van der Waals surface area contributed by atoms with Gasteiger partial charge in [-0.05, 0) is 31.5 Å². The van der Waals surface area contributed by atoms with E-state index in [0.717, 1.165) is 25.9 Å². The lowest BCUT2D eigenvalue weighted by atomic mass is 9.83. The molecule has 0 amide bonds. The van der Waals surface area contributed by atoms with Crippen LogP contribution in [0.25, 0.3) is 11.4 Å². The molecule has 0 radical (unpaired) electrons. The molecule has 1 saturated heterocycles. The minimum absolute atomic E-state index is 0.0269. The Bertz CT molecular complexity index is 715. The van der Waals surface area contributed by atoms with Crippen molar-refractivity contribution >= 4 is 5.69 Å². The van der Waals surface area contributed by atoms with Crippen molar-refractivity contribution in [3.8, 4) is 11.4 Å². The molecule has 0 bridgehead atoms. The second kappa shape index (κ2) is 6.66. The van der Waals surface area contributed by atoms with Crippen LogP contribution in [0.15, 0.2) is 28.8 Å². The lowest BCUT2D eigenvalue weighted by Crippen LogP contribution is -2.43. The average Bonchev–Trinajstić information content (AvgIpc) is 3.03. The van der Waals surface area contributed by atoms with Crippen molar-refractivity contribution < 1.29 is 14.6 Å². The molecular formula is C16H20N4O4. The summed E-state index contributed by atoms with van der Waals surface area (Å²) in [7, 11) is 0. The van der Waals surface area contributed by atoms with Crippen LogP contribution in [0.4, 0.5) is 5.69 Å². The molecule has 2 heterocycles. The Morgan fingerprint density at radius 1 is 1.42 bits per heavy atom. The summed E-state index contributed by atoms with van der Waals surface area (Å²) >= 11 is 0. The van der Waals surface area contributed by atoms with Gasteiger partial charge in [-0.25, -0.2) is 0 Å². The fourth-order valence-corrected chi connectivity index (χ4v) is 3.05. The molecule has 1 unspecified atom stereocenters. The summed E-state index contributed by atoms with van der Waals surface area (Å²) in [5.41, 5.74) is 0.618. The van der Waals surface area contributed by atoms with Gasteiger partial charge in [0.15, 0.2) is 0 Å². The third kappa shape index (κ3) is 3.60. The fourth-order valence-electron chi connectivity index (χ4n) is 3.05. The van der Waals surface area contributed by atoms with E-state index in [4.69, 9.17) is 4.52 Å². The van der Waals surface area contributed by atoms with Gasteiger partial charge in [0.1, 0.15) is 0 Å². The van der Waals surface area contributed by atoms with E-state index in [1.807, 2.05) is 0 Å². The quantitative estimate of drug-likeness (QED) is 0.661. The highest BCUT2D eigenvalue weighted by Crippen LogP contribution is 2.29. The SMILES string of the molecule is CC1(CO)CCCN(Cc2nc(-c3ccc([N+](=O)[O-])cc3)no2)C1. The summed E-state index contributed by atoms with van der Waals surface area (Å²) in [6.45, 7) is 4.51. The van der Waals surface area contributed by atoms with Crippen LogP contribution < -0.4 is 0 Å². The van der Waals surface area contributed by atoms with E-state index in [1.165, 1.54) is 12.1 Å². The van der Waals surface area contributed by atoms with E-state index in [2.05, 4.69) is 22.0 Å². The topological polar surface area (TPSA) is 106 Å². The lowest BCUT2D eigenvalue weighted by Gasteiger charge is -2.38. The standard InChI is InChI=1S/C16H20N4O4/c1-16(11-21)7-2-8-19(10-16)9-14-17-15(18-24-14)12-3-5-13(6-4-12)20(22)23/h3-6,21H,2,7-11H2,1H3. The lowest BCUT2D eigenvalue weighted by molar-refractivity contribution is -0.384. The molecule has 1 atom stereocenters. The van der Waals surface area contributed by atoms with E-state index in [0.29, 0.717) is 23.8 Å². The number of nitrogens with zero attached hydrogens (tertiary/aromatic N) is 4. The van der Waals surface area contributed by atoms with Crippen molar-refractivity contribution in [3.05, 3.63) is 40.3 Å². The molecule has 1 aliphatic rings. The number of rotatable bonds is 5. The van der Waals surface area contributed by atoms with Gasteiger partial charge in [-0.3, -0.25) is 15.0 Å². The first-order chi connectivity index (χ1) is 11.5. The Balaban J connectivity index is 1.68. The molecule has 2 aromatic rings. The van der Waals surface area contributed by atoms with Crippen LogP contribution in [0, 0.1) is 15.5 Å². The first kappa shape index (κ1) is 16.5. The first-order valence-corrected chi connectivity index (χ1v) is 7.90. The van der Waals surface area contributed by atoms with Crippen molar-refractivity contribution in [1.29, 1.82) is 0 Å². The number of aliphatic hydroxyl groups is 1. The second-order valence-electron chi connectivity index (χ2n) is 6.60. The molecule has 1 fully saturated rings. The Morgan fingerprint density at radius 3 is 2.83 bits per heavy atom. The van der Waals surface area contributed by atoms with Crippen molar-refractivity contribution in [2.24, 2.45) is 5.41 Å². The first-order valence-electron chi connectivity index (χ1n) is 7.90. The zero-order valence-electron chi connectivity index (χ0n) is 13.5. The molecular weight excluding hydrogens is 312 g/mol. The Kier molecular flexibility index (Phi) is 4.59. The molecule has 1 N–H and O–H groups in total. The predicted octanol–water partition coefficient (Wildman–Crippen LogP) is 2.24.